The van der Waals surface area contributed by atoms with Gasteiger partial charge in [0.05, 0.1) is 22.3 Å². The summed E-state index contributed by atoms with van der Waals surface area (Å²) in [5, 5.41) is 14.4. The van der Waals surface area contributed by atoms with E-state index < -0.39 is 11.9 Å². The number of amides is 2. The van der Waals surface area contributed by atoms with Crippen molar-refractivity contribution in [3.8, 4) is 0 Å². The first-order chi connectivity index (χ1) is 15.7. The van der Waals surface area contributed by atoms with Gasteiger partial charge in [-0.05, 0) is 49.7 Å². The number of halogens is 3. The lowest BCUT2D eigenvalue weighted by molar-refractivity contribution is -0.126. The molecule has 33 heavy (non-hydrogen) atoms. The molecule has 7 nitrogen and oxygen atoms in total. The molecule has 0 spiro atoms. The van der Waals surface area contributed by atoms with Crippen molar-refractivity contribution >= 4 is 35.0 Å². The normalized spacial score (nSPS) is 22.8. The highest BCUT2D eigenvalue weighted by Gasteiger charge is 2.43. The second-order valence-electron chi connectivity index (χ2n) is 9.46. The van der Waals surface area contributed by atoms with Crippen molar-refractivity contribution < 1.29 is 14.0 Å². The predicted molar refractivity (Wildman–Crippen MR) is 123 cm³/mol. The fourth-order valence-corrected chi connectivity index (χ4v) is 5.62. The molecule has 1 aromatic heterocycles. The van der Waals surface area contributed by atoms with Gasteiger partial charge in [0.15, 0.2) is 5.69 Å². The Morgan fingerprint density at radius 1 is 1.24 bits per heavy atom. The van der Waals surface area contributed by atoms with E-state index in [4.69, 9.17) is 23.2 Å². The number of aromatic nitrogens is 3. The second-order valence-corrected chi connectivity index (χ2v) is 10.2. The van der Waals surface area contributed by atoms with Crippen LogP contribution in [0.2, 0.25) is 10.0 Å². The molecule has 0 saturated heterocycles. The Bertz CT molecular complexity index is 1050. The molecule has 0 aliphatic heterocycles. The fraction of sp³-hybridized carbons (Fsp3) is 0.565. The molecule has 0 radical (unpaired) electrons. The summed E-state index contributed by atoms with van der Waals surface area (Å²) in [5.41, 5.74) is 0.182. The van der Waals surface area contributed by atoms with Gasteiger partial charge in [0.1, 0.15) is 5.82 Å². The maximum Gasteiger partial charge on any atom is 0.273 e. The van der Waals surface area contributed by atoms with Crippen LogP contribution in [-0.4, -0.2) is 32.9 Å². The van der Waals surface area contributed by atoms with Gasteiger partial charge >= 0.3 is 0 Å². The molecule has 10 heteroatoms. The van der Waals surface area contributed by atoms with Gasteiger partial charge in [-0.2, -0.15) is 9.90 Å². The van der Waals surface area contributed by atoms with Crippen LogP contribution in [0.3, 0.4) is 0 Å². The van der Waals surface area contributed by atoms with Crippen LogP contribution in [0, 0.1) is 17.2 Å². The zero-order valence-electron chi connectivity index (χ0n) is 18.7. The van der Waals surface area contributed by atoms with Gasteiger partial charge in [-0.15, -0.1) is 5.10 Å². The van der Waals surface area contributed by atoms with E-state index >= 15 is 0 Å². The molecule has 2 aliphatic carbocycles. The number of rotatable bonds is 6. The summed E-state index contributed by atoms with van der Waals surface area (Å²) in [6.45, 7) is 2.07. The summed E-state index contributed by atoms with van der Waals surface area (Å²) in [4.78, 5) is 27.0. The Labute approximate surface area is 202 Å². The predicted octanol–water partition coefficient (Wildman–Crippen LogP) is 4.60. The maximum absolute atomic E-state index is 14.9. The third-order valence-electron chi connectivity index (χ3n) is 7.07. The quantitative estimate of drug-likeness (QED) is 0.573. The molecule has 2 aliphatic rings. The van der Waals surface area contributed by atoms with E-state index in [1.165, 1.54) is 23.1 Å². The third kappa shape index (κ3) is 5.01. The van der Waals surface area contributed by atoms with Crippen molar-refractivity contribution in [2.45, 2.75) is 64.0 Å². The molecule has 1 heterocycles. The van der Waals surface area contributed by atoms with Crippen molar-refractivity contribution in [3.63, 3.8) is 0 Å². The maximum atomic E-state index is 14.9. The average Bonchev–Trinajstić information content (AvgIpc) is 3.52. The molecular weight excluding hydrogens is 468 g/mol. The van der Waals surface area contributed by atoms with Crippen LogP contribution in [-0.2, 0) is 11.8 Å². The number of hydrogen-bond donors (Lipinski definition) is 2. The van der Waals surface area contributed by atoms with Crippen LogP contribution < -0.4 is 10.6 Å². The number of carbonyl (C=O) groups excluding carboxylic acids is 2. The van der Waals surface area contributed by atoms with Gasteiger partial charge < -0.3 is 10.6 Å². The van der Waals surface area contributed by atoms with Gasteiger partial charge in [0, 0.05) is 24.6 Å². The molecule has 0 bridgehead atoms. The first-order valence-corrected chi connectivity index (χ1v) is 12.0. The molecule has 2 fully saturated rings. The molecule has 2 N–H and O–H groups in total. The van der Waals surface area contributed by atoms with Crippen LogP contribution >= 0.6 is 23.2 Å². The lowest BCUT2D eigenvalue weighted by Gasteiger charge is -2.36. The van der Waals surface area contributed by atoms with Crippen molar-refractivity contribution in [1.82, 2.24) is 25.6 Å². The van der Waals surface area contributed by atoms with Crippen LogP contribution in [0.25, 0.3) is 0 Å². The first kappa shape index (κ1) is 24.0. The van der Waals surface area contributed by atoms with Crippen LogP contribution in [0.1, 0.15) is 74.0 Å². The highest BCUT2D eigenvalue weighted by molar-refractivity contribution is 6.42. The first-order valence-electron chi connectivity index (χ1n) is 11.3. The van der Waals surface area contributed by atoms with Crippen LogP contribution in [0.5, 0.6) is 0 Å². The van der Waals surface area contributed by atoms with E-state index in [1.807, 2.05) is 0 Å². The number of benzene rings is 1. The van der Waals surface area contributed by atoms with Crippen molar-refractivity contribution in [1.29, 1.82) is 0 Å². The molecule has 1 aromatic carbocycles. The Morgan fingerprint density at radius 2 is 1.97 bits per heavy atom. The Balaban J connectivity index is 1.48. The number of aryl methyl sites for hydroxylation is 1. The summed E-state index contributed by atoms with van der Waals surface area (Å²) in [6.07, 6.45) is 6.98. The minimum Gasteiger partial charge on any atom is -0.348 e. The number of hydrogen-bond acceptors (Lipinski definition) is 4. The van der Waals surface area contributed by atoms with Crippen molar-refractivity contribution in [2.75, 3.05) is 0 Å². The zero-order chi connectivity index (χ0) is 23.8. The largest absolute Gasteiger partial charge is 0.348 e. The molecular formula is C23H28Cl2FN5O2. The number of nitrogens with one attached hydrogen (secondary N) is 2. The standard InChI is InChI=1S/C23H28Cl2FN5O2/c1-23(9-3-4-10-23)20(18-16(26)8-7-15(24)19(18)25)29-21(32)13-5-6-14(11-13)28-22(33)17-12-27-31(2)30-17/h7-8,12-14,20H,3-6,9-11H2,1-2H3,(H,28,33)(H,29,32)/t13-,14+,20+/m0/s1. The van der Waals surface area contributed by atoms with Gasteiger partial charge in [-0.25, -0.2) is 4.39 Å². The third-order valence-corrected chi connectivity index (χ3v) is 7.89. The van der Waals surface area contributed by atoms with Crippen LogP contribution in [0.4, 0.5) is 4.39 Å². The number of nitrogens with zero attached hydrogens (tertiary/aromatic N) is 3. The summed E-state index contributed by atoms with van der Waals surface area (Å²) < 4.78 is 14.9. The molecule has 3 atom stereocenters. The van der Waals surface area contributed by atoms with Gasteiger partial charge in [0.2, 0.25) is 5.91 Å². The van der Waals surface area contributed by atoms with E-state index in [2.05, 4.69) is 27.8 Å². The highest BCUT2D eigenvalue weighted by atomic mass is 35.5. The Hall–Kier alpha value is -2.19. The smallest absolute Gasteiger partial charge is 0.273 e. The Kier molecular flexibility index (Phi) is 6.96. The van der Waals surface area contributed by atoms with Crippen molar-refractivity contribution in [2.24, 2.45) is 18.4 Å². The Morgan fingerprint density at radius 3 is 2.64 bits per heavy atom. The molecule has 4 rings (SSSR count). The minimum absolute atomic E-state index is 0.137. The monoisotopic (exact) mass is 495 g/mol. The van der Waals surface area contributed by atoms with E-state index in [-0.39, 0.29) is 50.5 Å². The van der Waals surface area contributed by atoms with E-state index in [0.29, 0.717) is 19.3 Å². The molecule has 0 unspecified atom stereocenters. The fourth-order valence-electron chi connectivity index (χ4n) is 5.19. The molecule has 178 valence electrons. The lowest BCUT2D eigenvalue weighted by Crippen LogP contribution is -2.42. The topological polar surface area (TPSA) is 88.9 Å². The number of carbonyl (C=O) groups is 2. The highest BCUT2D eigenvalue weighted by Crippen LogP contribution is 2.50. The molecule has 2 amide bonds. The molecule has 2 aromatic rings. The summed E-state index contributed by atoms with van der Waals surface area (Å²) in [7, 11) is 1.64. The van der Waals surface area contributed by atoms with Gasteiger partial charge in [-0.3, -0.25) is 9.59 Å². The van der Waals surface area contributed by atoms with Gasteiger partial charge in [-0.1, -0.05) is 43.0 Å². The van der Waals surface area contributed by atoms with E-state index in [9.17, 15) is 14.0 Å². The SMILES string of the molecule is Cn1ncc(C(=O)N[C@@H]2CC[C@H](C(=O)N[C@H](c3c(F)ccc(Cl)c3Cl)C3(C)CCCC3)C2)n1. The summed E-state index contributed by atoms with van der Waals surface area (Å²) in [5.74, 6) is -1.22. The molecule has 2 saturated carbocycles. The lowest BCUT2D eigenvalue weighted by atomic mass is 9.76. The summed E-state index contributed by atoms with van der Waals surface area (Å²) >= 11 is 12.6. The van der Waals surface area contributed by atoms with Crippen LogP contribution in [0.15, 0.2) is 18.3 Å². The zero-order valence-corrected chi connectivity index (χ0v) is 20.2. The average molecular weight is 496 g/mol. The minimum atomic E-state index is -0.577. The second kappa shape index (κ2) is 9.58. The van der Waals surface area contributed by atoms with Gasteiger partial charge in [0.25, 0.3) is 5.91 Å². The van der Waals surface area contributed by atoms with E-state index in [0.717, 1.165) is 25.7 Å². The van der Waals surface area contributed by atoms with E-state index in [1.54, 1.807) is 7.05 Å². The van der Waals surface area contributed by atoms with Crippen molar-refractivity contribution in [3.05, 3.63) is 45.4 Å². The summed E-state index contributed by atoms with van der Waals surface area (Å²) in [6, 6.07) is 2.02.